The molecule has 0 radical (unpaired) electrons. The summed E-state index contributed by atoms with van der Waals surface area (Å²) in [6, 6.07) is 10.4. The molecule has 1 aromatic carbocycles. The van der Waals surface area contributed by atoms with Crippen molar-refractivity contribution in [3.63, 3.8) is 0 Å². The Hall–Kier alpha value is -1.21. The van der Waals surface area contributed by atoms with Crippen LogP contribution >= 0.6 is 0 Å². The summed E-state index contributed by atoms with van der Waals surface area (Å²) in [5.41, 5.74) is 0.640. The first-order chi connectivity index (χ1) is 15.0. The number of hydrogen-bond acceptors (Lipinski definition) is 4. The number of hydrogen-bond donors (Lipinski definition) is 0. The van der Waals surface area contributed by atoms with Crippen molar-refractivity contribution in [2.24, 2.45) is 11.8 Å². The highest BCUT2D eigenvalue weighted by Gasteiger charge is 2.62. The molecule has 0 unspecified atom stereocenters. The van der Waals surface area contributed by atoms with Crippen LogP contribution in [-0.4, -0.2) is 57.8 Å². The monoisotopic (exact) mass is 459 g/mol. The maximum atomic E-state index is 14.2. The van der Waals surface area contributed by atoms with Crippen LogP contribution in [-0.2, 0) is 24.1 Å². The van der Waals surface area contributed by atoms with E-state index in [0.717, 1.165) is 31.4 Å². The van der Waals surface area contributed by atoms with Crippen LogP contribution < -0.4 is 0 Å². The van der Waals surface area contributed by atoms with Crippen molar-refractivity contribution in [3.8, 4) is 0 Å². The highest BCUT2D eigenvalue weighted by atomic mass is 28.4. The quantitative estimate of drug-likeness (QED) is 0.584. The highest BCUT2D eigenvalue weighted by Crippen LogP contribution is 2.56. The summed E-state index contributed by atoms with van der Waals surface area (Å²) < 4.78 is 18.7. The third-order valence-electron chi connectivity index (χ3n) is 8.87. The summed E-state index contributed by atoms with van der Waals surface area (Å²) in [4.78, 5) is 16.3. The molecule has 0 bridgehead atoms. The molecular weight excluding hydrogens is 418 g/mol. The zero-order chi connectivity index (χ0) is 23.2. The fourth-order valence-electron chi connectivity index (χ4n) is 5.89. The molecule has 0 N–H and O–H groups in total. The summed E-state index contributed by atoms with van der Waals surface area (Å²) >= 11 is 0. The Kier molecular flexibility index (Phi) is 6.38. The molecule has 1 aromatic rings. The van der Waals surface area contributed by atoms with E-state index in [0.29, 0.717) is 26.4 Å². The van der Waals surface area contributed by atoms with Gasteiger partial charge in [0.2, 0.25) is 5.91 Å². The maximum absolute atomic E-state index is 14.2. The van der Waals surface area contributed by atoms with E-state index in [2.05, 4.69) is 70.0 Å². The van der Waals surface area contributed by atoms with Crippen LogP contribution in [0.2, 0.25) is 18.1 Å². The Balaban J connectivity index is 1.58. The molecule has 2 aliphatic heterocycles. The van der Waals surface area contributed by atoms with Gasteiger partial charge >= 0.3 is 0 Å². The molecular formula is C26H41NO4Si. The molecule has 32 heavy (non-hydrogen) atoms. The Bertz CT molecular complexity index is 815. The van der Waals surface area contributed by atoms with Gasteiger partial charge in [0.15, 0.2) is 14.1 Å². The predicted molar refractivity (Wildman–Crippen MR) is 129 cm³/mol. The van der Waals surface area contributed by atoms with Crippen LogP contribution in [0.5, 0.6) is 0 Å². The average molecular weight is 460 g/mol. The fraction of sp³-hybridized carbons (Fsp3) is 0.731. The summed E-state index contributed by atoms with van der Waals surface area (Å²) in [7, 11) is -1.83. The topological polar surface area (TPSA) is 48.0 Å². The molecule has 3 atom stereocenters. The molecule has 6 heteroatoms. The maximum Gasteiger partial charge on any atom is 0.233 e. The lowest BCUT2D eigenvalue weighted by Gasteiger charge is -2.56. The third-order valence-corrected chi connectivity index (χ3v) is 13.4. The molecule has 2 saturated heterocycles. The number of fused-ring (bicyclic) bond motifs is 1. The number of rotatable bonds is 5. The predicted octanol–water partition coefficient (Wildman–Crippen LogP) is 4.97. The van der Waals surface area contributed by atoms with Gasteiger partial charge in [-0.3, -0.25) is 4.79 Å². The lowest BCUT2D eigenvalue weighted by Crippen LogP contribution is -2.64. The van der Waals surface area contributed by atoms with E-state index >= 15 is 0 Å². The zero-order valence-electron chi connectivity index (χ0n) is 20.8. The minimum absolute atomic E-state index is 0.170. The van der Waals surface area contributed by atoms with Gasteiger partial charge in [0.1, 0.15) is 0 Å². The molecule has 0 aromatic heterocycles. The molecule has 2 heterocycles. The van der Waals surface area contributed by atoms with Crippen molar-refractivity contribution in [3.05, 3.63) is 35.9 Å². The van der Waals surface area contributed by atoms with Gasteiger partial charge < -0.3 is 18.8 Å². The first-order valence-corrected chi connectivity index (χ1v) is 15.2. The summed E-state index contributed by atoms with van der Waals surface area (Å²) in [6.07, 6.45) is 2.50. The fourth-order valence-corrected chi connectivity index (χ4v) is 6.93. The lowest BCUT2D eigenvalue weighted by atomic mass is 9.54. The van der Waals surface area contributed by atoms with E-state index in [9.17, 15) is 4.79 Å². The molecule has 3 fully saturated rings. The van der Waals surface area contributed by atoms with Gasteiger partial charge in [-0.25, -0.2) is 0 Å². The SMILES string of the molecule is C[C@H]1[C@@H]2CCN(CCO[Si](C)(C)C(C)(C)C)C(=O)[C@@]2(c2ccccc2)CCC12OCCO2. The minimum atomic E-state index is -1.83. The average Bonchev–Trinajstić information content (AvgIpc) is 3.22. The normalized spacial score (nSPS) is 30.6. The summed E-state index contributed by atoms with van der Waals surface area (Å²) in [5, 5.41) is 0.170. The number of amides is 1. The van der Waals surface area contributed by atoms with E-state index in [4.69, 9.17) is 13.9 Å². The van der Waals surface area contributed by atoms with Crippen LogP contribution in [0.25, 0.3) is 0 Å². The second-order valence-electron chi connectivity index (χ2n) is 11.4. The zero-order valence-corrected chi connectivity index (χ0v) is 21.8. The molecule has 5 nitrogen and oxygen atoms in total. The number of nitrogens with zero attached hydrogens (tertiary/aromatic N) is 1. The third kappa shape index (κ3) is 3.87. The van der Waals surface area contributed by atoms with Crippen molar-refractivity contribution in [1.29, 1.82) is 0 Å². The molecule has 1 spiro atoms. The van der Waals surface area contributed by atoms with Gasteiger partial charge in [-0.1, -0.05) is 58.0 Å². The van der Waals surface area contributed by atoms with Crippen LogP contribution in [0.4, 0.5) is 0 Å². The molecule has 178 valence electrons. The number of carbonyl (C=O) groups excluding carboxylic acids is 1. The molecule has 1 saturated carbocycles. The van der Waals surface area contributed by atoms with E-state index in [1.165, 1.54) is 0 Å². The van der Waals surface area contributed by atoms with Crippen LogP contribution in [0.3, 0.4) is 0 Å². The number of piperidine rings is 1. The van der Waals surface area contributed by atoms with E-state index < -0.39 is 19.5 Å². The first kappa shape index (κ1) is 23.9. The van der Waals surface area contributed by atoms with Crippen molar-refractivity contribution in [2.45, 2.75) is 76.3 Å². The molecule has 1 amide bonds. The van der Waals surface area contributed by atoms with E-state index in [-0.39, 0.29) is 22.8 Å². The van der Waals surface area contributed by atoms with Crippen LogP contribution in [0.1, 0.15) is 52.5 Å². The van der Waals surface area contributed by atoms with E-state index in [1.807, 2.05) is 6.07 Å². The number of likely N-dealkylation sites (tertiary alicyclic amines) is 1. The van der Waals surface area contributed by atoms with Gasteiger partial charge in [0, 0.05) is 25.4 Å². The van der Waals surface area contributed by atoms with Crippen molar-refractivity contribution >= 4 is 14.2 Å². The van der Waals surface area contributed by atoms with Crippen LogP contribution in [0.15, 0.2) is 30.3 Å². The second-order valence-corrected chi connectivity index (χ2v) is 16.2. The Morgan fingerprint density at radius 1 is 1.12 bits per heavy atom. The highest BCUT2D eigenvalue weighted by molar-refractivity contribution is 6.74. The minimum Gasteiger partial charge on any atom is -0.415 e. The van der Waals surface area contributed by atoms with Gasteiger partial charge in [0.25, 0.3) is 0 Å². The van der Waals surface area contributed by atoms with Gasteiger partial charge in [-0.2, -0.15) is 0 Å². The largest absolute Gasteiger partial charge is 0.415 e. The smallest absolute Gasteiger partial charge is 0.233 e. The van der Waals surface area contributed by atoms with Crippen molar-refractivity contribution < 1.29 is 18.7 Å². The van der Waals surface area contributed by atoms with Crippen LogP contribution in [0, 0.1) is 11.8 Å². The summed E-state index contributed by atoms with van der Waals surface area (Å²) in [5.74, 6) is 0.130. The van der Waals surface area contributed by atoms with Crippen molar-refractivity contribution in [1.82, 2.24) is 4.90 Å². The number of carbonyl (C=O) groups is 1. The number of benzene rings is 1. The van der Waals surface area contributed by atoms with Crippen molar-refractivity contribution in [2.75, 3.05) is 32.9 Å². The molecule has 4 rings (SSSR count). The second kappa shape index (κ2) is 8.53. The van der Waals surface area contributed by atoms with Gasteiger partial charge in [-0.15, -0.1) is 0 Å². The Morgan fingerprint density at radius 3 is 2.41 bits per heavy atom. The van der Waals surface area contributed by atoms with Gasteiger partial charge in [-0.05, 0) is 42.5 Å². The standard InChI is InChI=1S/C26H41NO4Si/c1-20-22-12-15-27(16-17-31-32(5,6)24(2,3)4)23(28)25(22,21-10-8-7-9-11-21)13-14-26(20)29-18-19-30-26/h7-11,20,22H,12-19H2,1-6H3/t20-,22-,25+/m0/s1. The Morgan fingerprint density at radius 2 is 1.78 bits per heavy atom. The number of ether oxygens (including phenoxy) is 2. The first-order valence-electron chi connectivity index (χ1n) is 12.3. The lowest BCUT2D eigenvalue weighted by molar-refractivity contribution is -0.238. The molecule has 1 aliphatic carbocycles. The summed E-state index contributed by atoms with van der Waals surface area (Å²) in [6.45, 7) is 16.9. The van der Waals surface area contributed by atoms with Gasteiger partial charge in [0.05, 0.1) is 25.2 Å². The van der Waals surface area contributed by atoms with E-state index in [1.54, 1.807) is 0 Å². The molecule has 3 aliphatic rings. The Labute approximate surface area is 194 Å².